The molecule has 1 aliphatic rings. The molecular formula is C14H29ClN2OS. The molecule has 1 N–H and O–H groups in total. The van der Waals surface area contributed by atoms with Gasteiger partial charge in [-0.1, -0.05) is 26.7 Å². The molecule has 1 heterocycles. The summed E-state index contributed by atoms with van der Waals surface area (Å²) < 4.78 is 0. The molecule has 1 fully saturated rings. The number of thioether (sulfide) groups is 1. The summed E-state index contributed by atoms with van der Waals surface area (Å²) in [7, 11) is 0. The smallest absolute Gasteiger partial charge is 0.242 e. The van der Waals surface area contributed by atoms with E-state index in [0.29, 0.717) is 5.91 Å². The minimum absolute atomic E-state index is 0. The number of carbonyl (C=O) groups excluding carboxylic acids is 1. The van der Waals surface area contributed by atoms with Crippen LogP contribution in [0.25, 0.3) is 0 Å². The fraction of sp³-hybridized carbons (Fsp3) is 0.929. The maximum atomic E-state index is 12.7. The highest BCUT2D eigenvalue weighted by Crippen LogP contribution is 2.19. The van der Waals surface area contributed by atoms with Gasteiger partial charge in [-0.25, -0.2) is 0 Å². The zero-order valence-corrected chi connectivity index (χ0v) is 14.2. The average molecular weight is 309 g/mol. The van der Waals surface area contributed by atoms with Crippen molar-refractivity contribution in [2.24, 2.45) is 0 Å². The number of rotatable bonds is 7. The zero-order chi connectivity index (χ0) is 13.4. The Balaban J connectivity index is 0.00000324. The molecule has 0 aromatic carbocycles. The van der Waals surface area contributed by atoms with Crippen molar-refractivity contribution < 1.29 is 4.79 Å². The molecule has 0 spiro atoms. The third kappa shape index (κ3) is 5.92. The van der Waals surface area contributed by atoms with Gasteiger partial charge in [-0.15, -0.1) is 12.4 Å². The number of halogens is 1. The third-order valence-electron chi connectivity index (χ3n) is 3.57. The Kier molecular flexibility index (Phi) is 9.93. The molecule has 0 aromatic heterocycles. The number of nitrogens with zero attached hydrogens (tertiary/aromatic N) is 1. The molecule has 3 nitrogen and oxygen atoms in total. The molecule has 5 heteroatoms. The first kappa shape index (κ1) is 19.1. The number of amides is 1. The van der Waals surface area contributed by atoms with E-state index in [4.69, 9.17) is 0 Å². The quantitative estimate of drug-likeness (QED) is 0.734. The Morgan fingerprint density at radius 1 is 1.26 bits per heavy atom. The van der Waals surface area contributed by atoms with Crippen molar-refractivity contribution in [3.8, 4) is 0 Å². The molecule has 1 aliphatic heterocycles. The Morgan fingerprint density at radius 3 is 2.42 bits per heavy atom. The lowest BCUT2D eigenvalue weighted by Gasteiger charge is -2.37. The summed E-state index contributed by atoms with van der Waals surface area (Å²) in [5, 5.41) is 3.50. The second kappa shape index (κ2) is 9.89. The predicted octanol–water partition coefficient (Wildman–Crippen LogP) is 2.93. The number of hydrogen-bond acceptors (Lipinski definition) is 3. The summed E-state index contributed by atoms with van der Waals surface area (Å²) >= 11 is 1.95. The van der Waals surface area contributed by atoms with Gasteiger partial charge in [0, 0.05) is 24.6 Å². The van der Waals surface area contributed by atoms with Crippen molar-refractivity contribution in [3.05, 3.63) is 0 Å². The third-order valence-corrected chi connectivity index (χ3v) is 4.51. The minimum atomic E-state index is -0.355. The van der Waals surface area contributed by atoms with Gasteiger partial charge in [-0.05, 0) is 26.3 Å². The predicted molar refractivity (Wildman–Crippen MR) is 87.4 cm³/mol. The van der Waals surface area contributed by atoms with Gasteiger partial charge < -0.3 is 10.2 Å². The van der Waals surface area contributed by atoms with Crippen molar-refractivity contribution in [2.75, 3.05) is 31.1 Å². The highest BCUT2D eigenvalue weighted by atomic mass is 35.5. The molecule has 0 bridgehead atoms. The maximum Gasteiger partial charge on any atom is 0.242 e. The molecule has 114 valence electrons. The molecule has 0 aromatic rings. The van der Waals surface area contributed by atoms with Gasteiger partial charge in [0.25, 0.3) is 0 Å². The largest absolute Gasteiger partial charge is 0.339 e. The topological polar surface area (TPSA) is 32.3 Å². The van der Waals surface area contributed by atoms with Crippen LogP contribution in [0.5, 0.6) is 0 Å². The second-order valence-electron chi connectivity index (χ2n) is 5.27. The summed E-state index contributed by atoms with van der Waals surface area (Å²) in [6.07, 6.45) is 4.29. The average Bonchev–Trinajstić information content (AvgIpc) is 2.39. The molecule has 0 aliphatic carbocycles. The molecule has 0 saturated carbocycles. The van der Waals surface area contributed by atoms with Crippen LogP contribution in [-0.4, -0.2) is 47.5 Å². The van der Waals surface area contributed by atoms with Crippen LogP contribution in [0.15, 0.2) is 0 Å². The van der Waals surface area contributed by atoms with Gasteiger partial charge in [0.2, 0.25) is 5.91 Å². The van der Waals surface area contributed by atoms with Gasteiger partial charge in [0.05, 0.1) is 5.54 Å². The van der Waals surface area contributed by atoms with Crippen LogP contribution >= 0.6 is 24.2 Å². The van der Waals surface area contributed by atoms with E-state index < -0.39 is 0 Å². The van der Waals surface area contributed by atoms with Gasteiger partial charge in [0.1, 0.15) is 0 Å². The van der Waals surface area contributed by atoms with E-state index in [1.54, 1.807) is 0 Å². The van der Waals surface area contributed by atoms with Crippen molar-refractivity contribution in [1.82, 2.24) is 10.2 Å². The SMILES string of the molecule is CCCCNC(C)(CCC)C(=O)N1CCSCC1.Cl. The van der Waals surface area contributed by atoms with Crippen molar-refractivity contribution in [1.29, 1.82) is 0 Å². The van der Waals surface area contributed by atoms with Gasteiger partial charge in [0.15, 0.2) is 0 Å². The monoisotopic (exact) mass is 308 g/mol. The van der Waals surface area contributed by atoms with Crippen molar-refractivity contribution >= 4 is 30.1 Å². The van der Waals surface area contributed by atoms with Crippen LogP contribution in [0.1, 0.15) is 46.5 Å². The summed E-state index contributed by atoms with van der Waals surface area (Å²) in [6.45, 7) is 9.19. The summed E-state index contributed by atoms with van der Waals surface area (Å²) in [4.78, 5) is 14.7. The standard InChI is InChI=1S/C14H28N2OS.ClH/c1-4-6-8-15-14(3,7-5-2)13(17)16-9-11-18-12-10-16;/h15H,4-12H2,1-3H3;1H. The van der Waals surface area contributed by atoms with E-state index in [9.17, 15) is 4.79 Å². The fourth-order valence-electron chi connectivity index (χ4n) is 2.43. The molecule has 1 amide bonds. The van der Waals surface area contributed by atoms with E-state index in [0.717, 1.165) is 50.4 Å². The Hall–Kier alpha value is 0.0700. The minimum Gasteiger partial charge on any atom is -0.339 e. The molecule has 1 rings (SSSR count). The van der Waals surface area contributed by atoms with Crippen LogP contribution in [0.2, 0.25) is 0 Å². The first-order valence-electron chi connectivity index (χ1n) is 7.26. The molecular weight excluding hydrogens is 280 g/mol. The van der Waals surface area contributed by atoms with Crippen molar-refractivity contribution in [3.63, 3.8) is 0 Å². The number of nitrogens with one attached hydrogen (secondary N) is 1. The summed E-state index contributed by atoms with van der Waals surface area (Å²) in [6, 6.07) is 0. The van der Waals surface area contributed by atoms with Crippen molar-refractivity contribution in [2.45, 2.75) is 52.0 Å². The van der Waals surface area contributed by atoms with Crippen LogP contribution in [0.4, 0.5) is 0 Å². The molecule has 1 saturated heterocycles. The van der Waals surface area contributed by atoms with E-state index in [-0.39, 0.29) is 17.9 Å². The normalized spacial score (nSPS) is 18.6. The Labute approximate surface area is 128 Å². The van der Waals surface area contributed by atoms with Crippen LogP contribution in [-0.2, 0) is 4.79 Å². The van der Waals surface area contributed by atoms with E-state index in [1.807, 2.05) is 16.7 Å². The summed E-state index contributed by atoms with van der Waals surface area (Å²) in [5.74, 6) is 2.48. The first-order valence-corrected chi connectivity index (χ1v) is 8.41. The van der Waals surface area contributed by atoms with Crippen LogP contribution in [0.3, 0.4) is 0 Å². The number of hydrogen-bond donors (Lipinski definition) is 1. The lowest BCUT2D eigenvalue weighted by atomic mass is 9.93. The lowest BCUT2D eigenvalue weighted by molar-refractivity contribution is -0.137. The highest BCUT2D eigenvalue weighted by molar-refractivity contribution is 7.99. The van der Waals surface area contributed by atoms with Gasteiger partial charge in [-0.2, -0.15) is 11.8 Å². The maximum absolute atomic E-state index is 12.7. The van der Waals surface area contributed by atoms with E-state index >= 15 is 0 Å². The highest BCUT2D eigenvalue weighted by Gasteiger charge is 2.35. The van der Waals surface area contributed by atoms with Crippen LogP contribution < -0.4 is 5.32 Å². The Bertz CT molecular complexity index is 260. The molecule has 1 unspecified atom stereocenters. The van der Waals surface area contributed by atoms with Gasteiger partial charge in [-0.3, -0.25) is 4.79 Å². The Morgan fingerprint density at radius 2 is 1.89 bits per heavy atom. The lowest BCUT2D eigenvalue weighted by Crippen LogP contribution is -2.57. The number of unbranched alkanes of at least 4 members (excludes halogenated alkanes) is 1. The number of carbonyl (C=O) groups is 1. The second-order valence-corrected chi connectivity index (χ2v) is 6.49. The zero-order valence-electron chi connectivity index (χ0n) is 12.5. The fourth-order valence-corrected chi connectivity index (χ4v) is 3.33. The molecule has 0 radical (unpaired) electrons. The summed E-state index contributed by atoms with van der Waals surface area (Å²) in [5.41, 5.74) is -0.355. The van der Waals surface area contributed by atoms with Crippen LogP contribution in [0, 0.1) is 0 Å². The van der Waals surface area contributed by atoms with Gasteiger partial charge >= 0.3 is 0 Å². The molecule has 1 atom stereocenters. The van der Waals surface area contributed by atoms with E-state index in [2.05, 4.69) is 26.1 Å². The van der Waals surface area contributed by atoms with E-state index in [1.165, 1.54) is 6.42 Å². The molecule has 19 heavy (non-hydrogen) atoms. The first-order chi connectivity index (χ1) is 8.64.